The van der Waals surface area contributed by atoms with Crippen LogP contribution in [0.25, 0.3) is 0 Å². The Kier molecular flexibility index (Phi) is 3.15. The van der Waals surface area contributed by atoms with E-state index in [0.29, 0.717) is 6.04 Å². The van der Waals surface area contributed by atoms with Gasteiger partial charge in [-0.3, -0.25) is 4.68 Å². The van der Waals surface area contributed by atoms with Crippen LogP contribution in [0.5, 0.6) is 0 Å². The van der Waals surface area contributed by atoms with Crippen molar-refractivity contribution in [3.63, 3.8) is 0 Å². The first kappa shape index (κ1) is 11.5. The van der Waals surface area contributed by atoms with Gasteiger partial charge in [-0.25, -0.2) is 4.98 Å². The van der Waals surface area contributed by atoms with E-state index < -0.39 is 0 Å². The van der Waals surface area contributed by atoms with Crippen molar-refractivity contribution in [2.45, 2.75) is 31.8 Å². The van der Waals surface area contributed by atoms with Crippen LogP contribution in [-0.2, 0) is 13.6 Å². The van der Waals surface area contributed by atoms with E-state index >= 15 is 0 Å². The first-order valence-corrected chi connectivity index (χ1v) is 6.54. The minimum absolute atomic E-state index is 0.456. The van der Waals surface area contributed by atoms with Gasteiger partial charge in [-0.05, 0) is 19.4 Å². The molecule has 18 heavy (non-hydrogen) atoms. The summed E-state index contributed by atoms with van der Waals surface area (Å²) in [5.74, 6) is 0. The van der Waals surface area contributed by atoms with Crippen LogP contribution < -0.4 is 5.32 Å². The van der Waals surface area contributed by atoms with Gasteiger partial charge in [0.1, 0.15) is 0 Å². The van der Waals surface area contributed by atoms with Crippen molar-refractivity contribution >= 4 is 0 Å². The van der Waals surface area contributed by atoms with Crippen LogP contribution in [-0.4, -0.2) is 25.9 Å². The predicted molar refractivity (Wildman–Crippen MR) is 69.1 cm³/mol. The van der Waals surface area contributed by atoms with Gasteiger partial charge in [0.05, 0.1) is 24.8 Å². The lowest BCUT2D eigenvalue weighted by Gasteiger charge is -2.24. The normalized spacial score (nSPS) is 20.2. The van der Waals surface area contributed by atoms with Gasteiger partial charge >= 0.3 is 0 Å². The molecular weight excluding hydrogens is 226 g/mol. The molecule has 1 unspecified atom stereocenters. The van der Waals surface area contributed by atoms with E-state index in [1.807, 2.05) is 30.5 Å². The van der Waals surface area contributed by atoms with Gasteiger partial charge in [0, 0.05) is 31.0 Å². The maximum absolute atomic E-state index is 4.30. The van der Waals surface area contributed by atoms with Gasteiger partial charge in [-0.2, -0.15) is 5.10 Å². The highest BCUT2D eigenvalue weighted by molar-refractivity contribution is 5.11. The second-order valence-corrected chi connectivity index (χ2v) is 4.97. The molecule has 3 heterocycles. The number of imidazole rings is 1. The maximum atomic E-state index is 4.30. The summed E-state index contributed by atoms with van der Waals surface area (Å²) in [6, 6.07) is 0.456. The lowest BCUT2D eigenvalue weighted by Crippen LogP contribution is -2.28. The quantitative estimate of drug-likeness (QED) is 0.891. The van der Waals surface area contributed by atoms with E-state index in [9.17, 15) is 0 Å². The van der Waals surface area contributed by atoms with E-state index in [2.05, 4.69) is 26.2 Å². The molecule has 2 aromatic heterocycles. The molecule has 0 aliphatic carbocycles. The lowest BCUT2D eigenvalue weighted by molar-refractivity contribution is 0.396. The van der Waals surface area contributed by atoms with E-state index in [1.165, 1.54) is 30.5 Å². The molecule has 1 atom stereocenters. The molecule has 1 N–H and O–H groups in total. The Hall–Kier alpha value is -1.62. The number of piperidine rings is 1. The van der Waals surface area contributed by atoms with Crippen molar-refractivity contribution in [3.8, 4) is 0 Å². The topological polar surface area (TPSA) is 47.7 Å². The first-order valence-electron chi connectivity index (χ1n) is 6.54. The van der Waals surface area contributed by atoms with Gasteiger partial charge in [-0.1, -0.05) is 6.42 Å². The summed E-state index contributed by atoms with van der Waals surface area (Å²) >= 11 is 0. The van der Waals surface area contributed by atoms with Gasteiger partial charge in [-0.15, -0.1) is 0 Å². The van der Waals surface area contributed by atoms with E-state index in [1.54, 1.807) is 0 Å². The van der Waals surface area contributed by atoms with Crippen LogP contribution in [0.4, 0.5) is 0 Å². The smallest absolute Gasteiger partial charge is 0.0951 e. The number of hydrogen-bond donors (Lipinski definition) is 1. The molecule has 0 bridgehead atoms. The van der Waals surface area contributed by atoms with Crippen molar-refractivity contribution in [2.24, 2.45) is 7.05 Å². The van der Waals surface area contributed by atoms with Crippen molar-refractivity contribution in [3.05, 3.63) is 36.2 Å². The molecule has 0 aromatic carbocycles. The van der Waals surface area contributed by atoms with Crippen molar-refractivity contribution in [2.75, 3.05) is 6.54 Å². The monoisotopic (exact) mass is 245 g/mol. The molecule has 5 heteroatoms. The average molecular weight is 245 g/mol. The van der Waals surface area contributed by atoms with Gasteiger partial charge in [0.25, 0.3) is 0 Å². The van der Waals surface area contributed by atoms with Crippen LogP contribution in [0.1, 0.15) is 36.6 Å². The number of nitrogens with one attached hydrogen (secondary N) is 1. The van der Waals surface area contributed by atoms with Crippen LogP contribution >= 0.6 is 0 Å². The van der Waals surface area contributed by atoms with Gasteiger partial charge in [0.15, 0.2) is 0 Å². The molecule has 0 saturated carbocycles. The number of aryl methyl sites for hydroxylation is 1. The summed E-state index contributed by atoms with van der Waals surface area (Å²) in [5, 5.41) is 7.78. The highest BCUT2D eigenvalue weighted by atomic mass is 15.2. The maximum Gasteiger partial charge on any atom is 0.0951 e. The number of nitrogens with zero attached hydrogens (tertiary/aromatic N) is 4. The minimum Gasteiger partial charge on any atom is -0.329 e. The zero-order valence-electron chi connectivity index (χ0n) is 10.7. The lowest BCUT2D eigenvalue weighted by atomic mass is 10.0. The summed E-state index contributed by atoms with van der Waals surface area (Å²) in [5.41, 5.74) is 2.51. The molecule has 3 rings (SSSR count). The zero-order chi connectivity index (χ0) is 12.4. The Balaban J connectivity index is 1.78. The number of aromatic nitrogens is 4. The van der Waals surface area contributed by atoms with Crippen LogP contribution in [0.2, 0.25) is 0 Å². The highest BCUT2D eigenvalue weighted by Crippen LogP contribution is 2.23. The molecular formula is C13H19N5. The van der Waals surface area contributed by atoms with E-state index in [-0.39, 0.29) is 0 Å². The Morgan fingerprint density at radius 1 is 1.39 bits per heavy atom. The van der Waals surface area contributed by atoms with Crippen LogP contribution in [0, 0.1) is 0 Å². The molecule has 0 spiro atoms. The second-order valence-electron chi connectivity index (χ2n) is 4.97. The van der Waals surface area contributed by atoms with Crippen molar-refractivity contribution in [1.82, 2.24) is 24.6 Å². The van der Waals surface area contributed by atoms with Crippen LogP contribution in [0.3, 0.4) is 0 Å². The highest BCUT2D eigenvalue weighted by Gasteiger charge is 2.18. The molecule has 5 nitrogen and oxygen atoms in total. The summed E-state index contributed by atoms with van der Waals surface area (Å²) in [6.07, 6.45) is 11.7. The number of hydrogen-bond acceptors (Lipinski definition) is 3. The molecule has 1 fully saturated rings. The third kappa shape index (κ3) is 2.31. The Labute approximate surface area is 107 Å². The standard InChI is InChI=1S/C13H19N5/c1-17-8-11(6-16-17)9-18-10-14-7-13(18)12-4-2-3-5-15-12/h6-8,10,12,15H,2-5,9H2,1H3. The number of rotatable bonds is 3. The predicted octanol–water partition coefficient (Wildman–Crippen LogP) is 1.48. The molecule has 1 saturated heterocycles. The average Bonchev–Trinajstić information content (AvgIpc) is 3.00. The largest absolute Gasteiger partial charge is 0.329 e. The third-order valence-corrected chi connectivity index (χ3v) is 3.52. The molecule has 2 aromatic rings. The molecule has 1 aliphatic rings. The summed E-state index contributed by atoms with van der Waals surface area (Å²) in [6.45, 7) is 1.96. The van der Waals surface area contributed by atoms with Gasteiger partial charge < -0.3 is 9.88 Å². The molecule has 0 radical (unpaired) electrons. The molecule has 1 aliphatic heterocycles. The second kappa shape index (κ2) is 4.94. The van der Waals surface area contributed by atoms with Crippen LogP contribution in [0.15, 0.2) is 24.9 Å². The Morgan fingerprint density at radius 2 is 2.33 bits per heavy atom. The summed E-state index contributed by atoms with van der Waals surface area (Å²) in [7, 11) is 1.95. The SMILES string of the molecule is Cn1cc(Cn2cncc2C2CCCCN2)cn1. The fraction of sp³-hybridized carbons (Fsp3) is 0.538. The Bertz CT molecular complexity index is 507. The van der Waals surface area contributed by atoms with E-state index in [4.69, 9.17) is 0 Å². The van der Waals surface area contributed by atoms with E-state index in [0.717, 1.165) is 13.1 Å². The fourth-order valence-corrected chi connectivity index (χ4v) is 2.61. The zero-order valence-corrected chi connectivity index (χ0v) is 10.7. The summed E-state index contributed by atoms with van der Waals surface area (Å²) < 4.78 is 4.06. The minimum atomic E-state index is 0.456. The van der Waals surface area contributed by atoms with Gasteiger partial charge in [0.2, 0.25) is 0 Å². The van der Waals surface area contributed by atoms with Crippen molar-refractivity contribution in [1.29, 1.82) is 0 Å². The molecule has 96 valence electrons. The Morgan fingerprint density at radius 3 is 3.06 bits per heavy atom. The van der Waals surface area contributed by atoms with Crippen molar-refractivity contribution < 1.29 is 0 Å². The third-order valence-electron chi connectivity index (χ3n) is 3.52. The summed E-state index contributed by atoms with van der Waals surface area (Å²) in [4.78, 5) is 4.30. The fourth-order valence-electron chi connectivity index (χ4n) is 2.61. The molecule has 0 amide bonds. The first-order chi connectivity index (χ1) is 8.83.